The molecule has 3 nitrogen and oxygen atoms in total. The Morgan fingerprint density at radius 2 is 2.40 bits per heavy atom. The van der Waals surface area contributed by atoms with Crippen LogP contribution in [0, 0.1) is 5.92 Å². The van der Waals surface area contributed by atoms with E-state index in [1.165, 1.54) is 7.11 Å². The summed E-state index contributed by atoms with van der Waals surface area (Å²) >= 11 is 5.62. The van der Waals surface area contributed by atoms with E-state index in [2.05, 4.69) is 4.90 Å². The van der Waals surface area contributed by atoms with Gasteiger partial charge in [0.2, 0.25) is 0 Å². The molecule has 4 heteroatoms. The molecule has 1 rings (SSSR count). The standard InChI is InChI=1S/C11H18ClNO2/c1-9(6-12)7-13-5-3-4-10(8-13)11(14)15-2/h6,10H,3-5,7-8H2,1-2H3/t10-/m0/s1. The van der Waals surface area contributed by atoms with Crippen molar-refractivity contribution in [1.29, 1.82) is 0 Å². The molecular formula is C11H18ClNO2. The lowest BCUT2D eigenvalue weighted by atomic mass is 9.98. The van der Waals surface area contributed by atoms with Crippen molar-refractivity contribution in [2.75, 3.05) is 26.7 Å². The number of nitrogens with zero attached hydrogens (tertiary/aromatic N) is 1. The van der Waals surface area contributed by atoms with E-state index in [-0.39, 0.29) is 11.9 Å². The van der Waals surface area contributed by atoms with Crippen LogP contribution in [0.15, 0.2) is 11.1 Å². The fraction of sp³-hybridized carbons (Fsp3) is 0.727. The summed E-state index contributed by atoms with van der Waals surface area (Å²) in [6, 6.07) is 0. The molecule has 0 aromatic rings. The first-order valence-electron chi connectivity index (χ1n) is 5.23. The minimum Gasteiger partial charge on any atom is -0.469 e. The average Bonchev–Trinajstić information content (AvgIpc) is 2.28. The van der Waals surface area contributed by atoms with Crippen LogP contribution < -0.4 is 0 Å². The van der Waals surface area contributed by atoms with E-state index in [0.717, 1.165) is 38.0 Å². The number of likely N-dealkylation sites (tertiary alicyclic amines) is 1. The minimum atomic E-state index is -0.0905. The van der Waals surface area contributed by atoms with E-state index in [1.807, 2.05) is 6.92 Å². The summed E-state index contributed by atoms with van der Waals surface area (Å²) in [4.78, 5) is 13.6. The Morgan fingerprint density at radius 3 is 3.00 bits per heavy atom. The van der Waals surface area contributed by atoms with Gasteiger partial charge in [0, 0.05) is 18.6 Å². The normalized spacial score (nSPS) is 23.9. The monoisotopic (exact) mass is 231 g/mol. The number of carbonyl (C=O) groups is 1. The van der Waals surface area contributed by atoms with Crippen molar-refractivity contribution in [3.63, 3.8) is 0 Å². The average molecular weight is 232 g/mol. The molecule has 0 N–H and O–H groups in total. The third-order valence-electron chi connectivity index (χ3n) is 2.70. The van der Waals surface area contributed by atoms with Crippen LogP contribution in [0.4, 0.5) is 0 Å². The SMILES string of the molecule is COC(=O)[C@H]1CCCN(CC(C)=CCl)C1. The number of hydrogen-bond donors (Lipinski definition) is 0. The zero-order valence-electron chi connectivity index (χ0n) is 9.33. The minimum absolute atomic E-state index is 0.0341. The first kappa shape index (κ1) is 12.5. The predicted octanol–water partition coefficient (Wildman–Crippen LogP) is 2.01. The van der Waals surface area contributed by atoms with E-state index in [1.54, 1.807) is 5.54 Å². The number of piperidine rings is 1. The zero-order chi connectivity index (χ0) is 11.3. The van der Waals surface area contributed by atoms with Crippen molar-refractivity contribution >= 4 is 17.6 Å². The third kappa shape index (κ3) is 3.84. The van der Waals surface area contributed by atoms with Crippen molar-refractivity contribution in [2.24, 2.45) is 5.92 Å². The van der Waals surface area contributed by atoms with Gasteiger partial charge >= 0.3 is 5.97 Å². The lowest BCUT2D eigenvalue weighted by Crippen LogP contribution is -2.39. The summed E-state index contributed by atoms with van der Waals surface area (Å²) in [5.41, 5.74) is 2.73. The van der Waals surface area contributed by atoms with Gasteiger partial charge < -0.3 is 4.74 Å². The third-order valence-corrected chi connectivity index (χ3v) is 3.07. The maximum atomic E-state index is 11.4. The molecule has 1 fully saturated rings. The van der Waals surface area contributed by atoms with Crippen LogP contribution in [0.2, 0.25) is 0 Å². The van der Waals surface area contributed by atoms with Crippen LogP contribution in [-0.2, 0) is 9.53 Å². The van der Waals surface area contributed by atoms with Crippen molar-refractivity contribution < 1.29 is 9.53 Å². The van der Waals surface area contributed by atoms with E-state index in [0.29, 0.717) is 0 Å². The van der Waals surface area contributed by atoms with Gasteiger partial charge in [0.05, 0.1) is 13.0 Å². The summed E-state index contributed by atoms with van der Waals surface area (Å²) in [5.74, 6) is -0.0564. The Hall–Kier alpha value is -0.540. The van der Waals surface area contributed by atoms with Gasteiger partial charge in [0.1, 0.15) is 0 Å². The van der Waals surface area contributed by atoms with Crippen LogP contribution in [-0.4, -0.2) is 37.6 Å². The van der Waals surface area contributed by atoms with E-state index in [9.17, 15) is 4.79 Å². The molecule has 0 saturated carbocycles. The van der Waals surface area contributed by atoms with Gasteiger partial charge in [-0.05, 0) is 31.9 Å². The summed E-state index contributed by atoms with van der Waals surface area (Å²) < 4.78 is 4.76. The van der Waals surface area contributed by atoms with Crippen LogP contribution in [0.5, 0.6) is 0 Å². The quantitative estimate of drug-likeness (QED) is 0.696. The topological polar surface area (TPSA) is 29.5 Å². The van der Waals surface area contributed by atoms with E-state index in [4.69, 9.17) is 16.3 Å². The van der Waals surface area contributed by atoms with Crippen LogP contribution in [0.3, 0.4) is 0 Å². The number of rotatable bonds is 3. The Morgan fingerprint density at radius 1 is 1.67 bits per heavy atom. The largest absolute Gasteiger partial charge is 0.469 e. The van der Waals surface area contributed by atoms with Crippen molar-refractivity contribution in [3.8, 4) is 0 Å². The molecule has 15 heavy (non-hydrogen) atoms. The Balaban J connectivity index is 2.45. The van der Waals surface area contributed by atoms with Gasteiger partial charge in [-0.25, -0.2) is 0 Å². The highest BCUT2D eigenvalue weighted by Crippen LogP contribution is 2.18. The first-order chi connectivity index (χ1) is 7.17. The van der Waals surface area contributed by atoms with Gasteiger partial charge in [0.25, 0.3) is 0 Å². The second-order valence-electron chi connectivity index (χ2n) is 4.05. The molecular weight excluding hydrogens is 214 g/mol. The summed E-state index contributed by atoms with van der Waals surface area (Å²) in [5, 5.41) is 0. The fourth-order valence-corrected chi connectivity index (χ4v) is 2.01. The molecule has 0 aromatic heterocycles. The Labute approximate surface area is 96.0 Å². The van der Waals surface area contributed by atoms with Gasteiger partial charge in [-0.3, -0.25) is 9.69 Å². The molecule has 0 bridgehead atoms. The predicted molar refractivity (Wildman–Crippen MR) is 60.8 cm³/mol. The summed E-state index contributed by atoms with van der Waals surface area (Å²) in [7, 11) is 1.45. The first-order valence-corrected chi connectivity index (χ1v) is 5.67. The molecule has 1 saturated heterocycles. The molecule has 1 aliphatic rings. The molecule has 0 aliphatic carbocycles. The number of carbonyl (C=O) groups excluding carboxylic acids is 1. The number of halogens is 1. The lowest BCUT2D eigenvalue weighted by molar-refractivity contribution is -0.147. The van der Waals surface area contributed by atoms with Crippen LogP contribution >= 0.6 is 11.6 Å². The lowest BCUT2D eigenvalue weighted by Gasteiger charge is -2.31. The maximum Gasteiger partial charge on any atom is 0.309 e. The van der Waals surface area contributed by atoms with Crippen molar-refractivity contribution in [1.82, 2.24) is 4.90 Å². The fourth-order valence-electron chi connectivity index (χ4n) is 1.95. The molecule has 0 radical (unpaired) electrons. The highest BCUT2D eigenvalue weighted by molar-refractivity contribution is 6.25. The molecule has 86 valence electrons. The second kappa shape index (κ2) is 6.13. The van der Waals surface area contributed by atoms with Crippen molar-refractivity contribution in [2.45, 2.75) is 19.8 Å². The van der Waals surface area contributed by atoms with E-state index < -0.39 is 0 Å². The highest BCUT2D eigenvalue weighted by Gasteiger charge is 2.26. The van der Waals surface area contributed by atoms with Crippen molar-refractivity contribution in [3.05, 3.63) is 11.1 Å². The molecule has 1 atom stereocenters. The summed E-state index contributed by atoms with van der Waals surface area (Å²) in [6.07, 6.45) is 1.99. The van der Waals surface area contributed by atoms with Gasteiger partial charge in [0.15, 0.2) is 0 Å². The summed E-state index contributed by atoms with van der Waals surface area (Å²) in [6.45, 7) is 4.66. The van der Waals surface area contributed by atoms with Gasteiger partial charge in [-0.1, -0.05) is 11.6 Å². The van der Waals surface area contributed by atoms with Gasteiger partial charge in [-0.15, -0.1) is 0 Å². The number of esters is 1. The smallest absolute Gasteiger partial charge is 0.309 e. The molecule has 1 aliphatic heterocycles. The number of ether oxygens (including phenoxy) is 1. The Kier molecular flexibility index (Phi) is 5.12. The second-order valence-corrected chi connectivity index (χ2v) is 4.27. The molecule has 0 spiro atoms. The molecule has 0 unspecified atom stereocenters. The van der Waals surface area contributed by atoms with E-state index >= 15 is 0 Å². The molecule has 0 aromatic carbocycles. The maximum absolute atomic E-state index is 11.4. The zero-order valence-corrected chi connectivity index (χ0v) is 10.1. The Bertz CT molecular complexity index is 253. The highest BCUT2D eigenvalue weighted by atomic mass is 35.5. The number of methoxy groups -OCH3 is 1. The van der Waals surface area contributed by atoms with Crippen LogP contribution in [0.1, 0.15) is 19.8 Å². The van der Waals surface area contributed by atoms with Gasteiger partial charge in [-0.2, -0.15) is 0 Å². The number of hydrogen-bond acceptors (Lipinski definition) is 3. The molecule has 1 heterocycles. The molecule has 0 amide bonds. The van der Waals surface area contributed by atoms with Crippen LogP contribution in [0.25, 0.3) is 0 Å².